The molecule has 0 aromatic carbocycles. The van der Waals surface area contributed by atoms with E-state index in [9.17, 15) is 0 Å². The molecule has 3 unspecified atom stereocenters. The minimum absolute atomic E-state index is 0.0424. The molecule has 0 radical (unpaired) electrons. The van der Waals surface area contributed by atoms with Gasteiger partial charge < -0.3 is 14.4 Å². The van der Waals surface area contributed by atoms with Gasteiger partial charge in [-0.05, 0) is 44.4 Å². The van der Waals surface area contributed by atoms with Crippen LogP contribution in [0.15, 0.2) is 30.7 Å². The van der Waals surface area contributed by atoms with E-state index in [1.54, 1.807) is 12.4 Å². The minimum atomic E-state index is 0.0424. The largest absolute Gasteiger partial charge is 0.372 e. The zero-order valence-electron chi connectivity index (χ0n) is 14.8. The highest BCUT2D eigenvalue weighted by molar-refractivity contribution is 5.65. The molecule has 0 amide bonds. The molecular formula is C19H24N4O2. The van der Waals surface area contributed by atoms with Gasteiger partial charge in [0.15, 0.2) is 0 Å². The van der Waals surface area contributed by atoms with Gasteiger partial charge in [0.25, 0.3) is 0 Å². The third-order valence-electron chi connectivity index (χ3n) is 4.73. The van der Waals surface area contributed by atoms with Crippen LogP contribution in [-0.2, 0) is 9.47 Å². The van der Waals surface area contributed by atoms with Crippen molar-refractivity contribution in [2.24, 2.45) is 0 Å². The Balaban J connectivity index is 1.72. The second kappa shape index (κ2) is 7.06. The van der Waals surface area contributed by atoms with Crippen LogP contribution in [-0.4, -0.2) is 46.9 Å². The summed E-state index contributed by atoms with van der Waals surface area (Å²) in [5.74, 6) is 0.769. The summed E-state index contributed by atoms with van der Waals surface area (Å²) in [5, 5.41) is 0. The van der Waals surface area contributed by atoms with Crippen molar-refractivity contribution in [3.8, 4) is 11.1 Å². The van der Waals surface area contributed by atoms with E-state index in [2.05, 4.69) is 28.7 Å². The van der Waals surface area contributed by atoms with Gasteiger partial charge in [-0.15, -0.1) is 0 Å². The lowest BCUT2D eigenvalue weighted by molar-refractivity contribution is -0.00576. The Bertz CT molecular complexity index is 709. The van der Waals surface area contributed by atoms with Crippen LogP contribution in [0.3, 0.4) is 0 Å². The van der Waals surface area contributed by atoms with Gasteiger partial charge in [0.1, 0.15) is 6.10 Å². The molecule has 6 nitrogen and oxygen atoms in total. The molecule has 2 aliphatic rings. The second-order valence-corrected chi connectivity index (χ2v) is 6.87. The number of pyridine rings is 1. The summed E-state index contributed by atoms with van der Waals surface area (Å²) in [6, 6.07) is 3.99. The van der Waals surface area contributed by atoms with Crippen molar-refractivity contribution in [1.29, 1.82) is 0 Å². The van der Waals surface area contributed by atoms with Crippen LogP contribution in [0.25, 0.3) is 11.1 Å². The maximum absolute atomic E-state index is 5.94. The summed E-state index contributed by atoms with van der Waals surface area (Å²) in [4.78, 5) is 15.9. The Morgan fingerprint density at radius 1 is 1.12 bits per heavy atom. The van der Waals surface area contributed by atoms with Gasteiger partial charge in [0.05, 0.1) is 17.9 Å². The van der Waals surface area contributed by atoms with Gasteiger partial charge in [0.2, 0.25) is 5.95 Å². The molecule has 2 aromatic rings. The molecule has 0 N–H and O–H groups in total. The molecule has 0 aliphatic carbocycles. The van der Waals surface area contributed by atoms with Crippen LogP contribution >= 0.6 is 0 Å². The minimum Gasteiger partial charge on any atom is -0.372 e. The quantitative estimate of drug-likeness (QED) is 0.856. The molecule has 4 rings (SSSR count). The van der Waals surface area contributed by atoms with Crippen molar-refractivity contribution in [3.63, 3.8) is 0 Å². The molecule has 0 spiro atoms. The van der Waals surface area contributed by atoms with Gasteiger partial charge in [-0.25, -0.2) is 9.97 Å². The van der Waals surface area contributed by atoms with Crippen molar-refractivity contribution in [3.05, 3.63) is 36.4 Å². The lowest BCUT2D eigenvalue weighted by Crippen LogP contribution is -2.46. The van der Waals surface area contributed by atoms with Crippen LogP contribution in [0.1, 0.15) is 38.5 Å². The predicted molar refractivity (Wildman–Crippen MR) is 95.4 cm³/mol. The fourth-order valence-corrected chi connectivity index (χ4v) is 3.67. The second-order valence-electron chi connectivity index (χ2n) is 6.87. The van der Waals surface area contributed by atoms with Crippen molar-refractivity contribution in [1.82, 2.24) is 15.0 Å². The first kappa shape index (κ1) is 16.4. The van der Waals surface area contributed by atoms with Crippen molar-refractivity contribution in [2.75, 3.05) is 24.6 Å². The number of anilines is 1. The van der Waals surface area contributed by atoms with E-state index in [0.717, 1.165) is 55.3 Å². The van der Waals surface area contributed by atoms with Crippen LogP contribution in [0.4, 0.5) is 5.95 Å². The molecule has 2 aromatic heterocycles. The van der Waals surface area contributed by atoms with Crippen LogP contribution in [0.5, 0.6) is 0 Å². The highest BCUT2D eigenvalue weighted by Crippen LogP contribution is 2.35. The summed E-state index contributed by atoms with van der Waals surface area (Å²) in [7, 11) is 0. The van der Waals surface area contributed by atoms with Gasteiger partial charge in [-0.1, -0.05) is 0 Å². The van der Waals surface area contributed by atoms with E-state index in [0.29, 0.717) is 0 Å². The van der Waals surface area contributed by atoms with Crippen LogP contribution in [0.2, 0.25) is 0 Å². The average molecular weight is 340 g/mol. The summed E-state index contributed by atoms with van der Waals surface area (Å²) >= 11 is 0. The van der Waals surface area contributed by atoms with Gasteiger partial charge in [-0.3, -0.25) is 4.98 Å². The zero-order chi connectivity index (χ0) is 17.2. The molecule has 2 saturated heterocycles. The Hall–Kier alpha value is -2.05. The third-order valence-corrected chi connectivity index (χ3v) is 4.73. The van der Waals surface area contributed by atoms with Crippen molar-refractivity contribution in [2.45, 2.75) is 45.0 Å². The first-order chi connectivity index (χ1) is 12.2. The number of morpholine rings is 1. The molecule has 132 valence electrons. The maximum Gasteiger partial charge on any atom is 0.225 e. The number of aromatic nitrogens is 3. The topological polar surface area (TPSA) is 60.4 Å². The average Bonchev–Trinajstić information content (AvgIpc) is 3.16. The molecule has 0 saturated carbocycles. The smallest absolute Gasteiger partial charge is 0.225 e. The summed E-state index contributed by atoms with van der Waals surface area (Å²) in [5.41, 5.74) is 3.10. The third kappa shape index (κ3) is 3.50. The van der Waals surface area contributed by atoms with Crippen molar-refractivity contribution < 1.29 is 9.47 Å². The summed E-state index contributed by atoms with van der Waals surface area (Å²) in [6.07, 6.45) is 8.01. The molecule has 25 heavy (non-hydrogen) atoms. The van der Waals surface area contributed by atoms with E-state index in [-0.39, 0.29) is 18.3 Å². The lowest BCUT2D eigenvalue weighted by Gasteiger charge is -2.35. The van der Waals surface area contributed by atoms with Gasteiger partial charge in [0, 0.05) is 43.9 Å². The van der Waals surface area contributed by atoms with Gasteiger partial charge >= 0.3 is 0 Å². The standard InChI is InChI=1S/C19H24N4O2/c1-13-11-23(12-14(2)25-13)19-21-10-16(15-5-7-20-8-6-15)18(22-19)17-4-3-9-24-17/h5-8,10,13-14,17H,3-4,9,11-12H2,1-2H3. The highest BCUT2D eigenvalue weighted by atomic mass is 16.5. The number of hydrogen-bond acceptors (Lipinski definition) is 6. The van der Waals surface area contributed by atoms with E-state index < -0.39 is 0 Å². The molecule has 4 heterocycles. The summed E-state index contributed by atoms with van der Waals surface area (Å²) in [6.45, 7) is 6.60. The lowest BCUT2D eigenvalue weighted by atomic mass is 10.0. The summed E-state index contributed by atoms with van der Waals surface area (Å²) < 4.78 is 11.8. The predicted octanol–water partition coefficient (Wildman–Crippen LogP) is 3.00. The first-order valence-corrected chi connectivity index (χ1v) is 9.00. The van der Waals surface area contributed by atoms with Crippen molar-refractivity contribution >= 4 is 5.95 Å². The van der Waals surface area contributed by atoms with E-state index in [1.165, 1.54) is 0 Å². The highest BCUT2D eigenvalue weighted by Gasteiger charge is 2.28. The normalized spacial score (nSPS) is 26.8. The van der Waals surface area contributed by atoms with Gasteiger partial charge in [-0.2, -0.15) is 0 Å². The Kier molecular flexibility index (Phi) is 4.63. The fourth-order valence-electron chi connectivity index (χ4n) is 3.67. The number of rotatable bonds is 3. The Morgan fingerprint density at radius 2 is 1.88 bits per heavy atom. The Labute approximate surface area is 148 Å². The molecule has 0 bridgehead atoms. The van der Waals surface area contributed by atoms with Crippen LogP contribution < -0.4 is 4.90 Å². The number of hydrogen-bond donors (Lipinski definition) is 0. The Morgan fingerprint density at radius 3 is 2.56 bits per heavy atom. The molecule has 3 atom stereocenters. The molecule has 6 heteroatoms. The SMILES string of the molecule is CC1CN(c2ncc(-c3ccncc3)c(C3CCCO3)n2)CC(C)O1. The number of nitrogens with zero attached hydrogens (tertiary/aromatic N) is 4. The van der Waals surface area contributed by atoms with E-state index in [4.69, 9.17) is 14.5 Å². The molecule has 2 fully saturated rings. The molecular weight excluding hydrogens is 316 g/mol. The van der Waals surface area contributed by atoms with Crippen LogP contribution in [0, 0.1) is 0 Å². The molecule has 2 aliphatic heterocycles. The fraction of sp³-hybridized carbons (Fsp3) is 0.526. The van der Waals surface area contributed by atoms with E-state index in [1.807, 2.05) is 18.3 Å². The maximum atomic E-state index is 5.94. The number of ether oxygens (including phenoxy) is 2. The first-order valence-electron chi connectivity index (χ1n) is 9.00. The monoisotopic (exact) mass is 340 g/mol. The zero-order valence-corrected chi connectivity index (χ0v) is 14.8. The van der Waals surface area contributed by atoms with E-state index >= 15 is 0 Å².